The Morgan fingerprint density at radius 1 is 0.309 bits per heavy atom. The molecule has 0 heterocycles. The molecule has 97 heavy (non-hydrogen) atoms. The Morgan fingerprint density at radius 2 is 0.557 bits per heavy atom. The number of hydrogen-bond acceptors (Lipinski definition) is 8. The largest absolute Gasteiger partial charge is 0.545 e. The van der Waals surface area contributed by atoms with Crippen LogP contribution in [0.25, 0.3) is 0 Å². The number of likely N-dealkylation sites (N-methyl/N-ethyl adjacent to an activating group) is 1. The van der Waals surface area contributed by atoms with Crippen LogP contribution < -0.4 is 5.11 Å². The van der Waals surface area contributed by atoms with Crippen molar-refractivity contribution in [2.24, 2.45) is 0 Å². The predicted octanol–water partition coefficient (Wildman–Crippen LogP) is 23.1. The van der Waals surface area contributed by atoms with Crippen molar-refractivity contribution in [2.75, 3.05) is 47.5 Å². The standard InChI is InChI=1S/C88H137NO8/c1-6-8-10-12-14-16-18-20-22-24-26-28-30-32-34-36-38-39-40-41-42-43-44-45-46-47-49-51-53-55-57-59-61-63-65-67-69-71-73-75-77-79-86(91)97-84(83-96-88(87(92)93)94-81-80-89(3,4)5)82-95-85(90)78-76-74-72-70-68-66-64-62-60-58-56-54-52-50-48-37-35-33-31-29-27-25-23-21-19-17-15-13-11-9-7-2/h8-11,14-17,20-23,26-29,32-35,38-39,41-42,44-45,47-50,53,55,59,61,65,67,84,88H,6-7,12-13,18-19,24-25,30-31,36-37,40,43,46,51-52,54,56-58,60,62-64,66,68-83H2,1-5H3/b10-8-,11-9-,16-14-,17-15-,22-20-,23-21-,28-26-,29-27-,34-32-,35-33-,39-38-,42-41-,45-44-,49-47-,50-48-,55-53-,61-59-,67-65-. The first-order valence-corrected chi connectivity index (χ1v) is 37.9. The third-order valence-electron chi connectivity index (χ3n) is 15.2. The van der Waals surface area contributed by atoms with E-state index in [0.29, 0.717) is 17.4 Å². The van der Waals surface area contributed by atoms with Gasteiger partial charge in [-0.2, -0.15) is 0 Å². The predicted molar refractivity (Wildman–Crippen MR) is 416 cm³/mol. The Hall–Kier alpha value is -6.39. The number of carbonyl (C=O) groups excluding carboxylic acids is 3. The van der Waals surface area contributed by atoms with Gasteiger partial charge in [0.2, 0.25) is 0 Å². The molecule has 0 spiro atoms. The summed E-state index contributed by atoms with van der Waals surface area (Å²) < 4.78 is 22.8. The summed E-state index contributed by atoms with van der Waals surface area (Å²) in [6.07, 6.45) is 116. The second-order valence-electron chi connectivity index (χ2n) is 25.5. The molecule has 0 bridgehead atoms. The van der Waals surface area contributed by atoms with E-state index in [4.69, 9.17) is 18.9 Å². The van der Waals surface area contributed by atoms with Gasteiger partial charge >= 0.3 is 11.9 Å². The van der Waals surface area contributed by atoms with Gasteiger partial charge in [-0.05, 0) is 154 Å². The van der Waals surface area contributed by atoms with Crippen molar-refractivity contribution in [3.8, 4) is 0 Å². The van der Waals surface area contributed by atoms with Gasteiger partial charge in [-0.25, -0.2) is 0 Å². The molecule has 0 radical (unpaired) electrons. The lowest BCUT2D eigenvalue weighted by Gasteiger charge is -2.26. The monoisotopic (exact) mass is 1340 g/mol. The summed E-state index contributed by atoms with van der Waals surface area (Å²) in [6.45, 7) is 4.47. The number of hydrogen-bond donors (Lipinski definition) is 0. The van der Waals surface area contributed by atoms with Crippen LogP contribution in [0.5, 0.6) is 0 Å². The zero-order valence-electron chi connectivity index (χ0n) is 61.9. The van der Waals surface area contributed by atoms with Gasteiger partial charge < -0.3 is 33.3 Å². The summed E-state index contributed by atoms with van der Waals surface area (Å²) in [6, 6.07) is 0. The topological polar surface area (TPSA) is 111 Å². The van der Waals surface area contributed by atoms with Gasteiger partial charge in [-0.3, -0.25) is 9.59 Å². The SMILES string of the molecule is CC/C=C\C/C=C\C/C=C\C/C=C\C/C=C\C/C=C\C/C=C\C/C=C\C/C=C\C/C=C\C/C=C\C/C=C\CCCCCCC(=O)OC(COC(=O)CCCCCCCCCCCCCC/C=C\C/C=C\C/C=C\C/C=C\C/C=C\C/C=C\CC)COC(OCC[N+](C)(C)C)C(=O)[O-]. The third kappa shape index (κ3) is 76.8. The molecule has 0 saturated carbocycles. The lowest BCUT2D eigenvalue weighted by atomic mass is 10.0. The second kappa shape index (κ2) is 75.4. The first-order chi connectivity index (χ1) is 47.6. The summed E-state index contributed by atoms with van der Waals surface area (Å²) in [5, 5.41) is 11.8. The number of esters is 2. The number of allylic oxidation sites excluding steroid dienone is 36. The Balaban J connectivity index is 4.23. The van der Waals surface area contributed by atoms with Crippen LogP contribution in [0, 0.1) is 0 Å². The highest BCUT2D eigenvalue weighted by molar-refractivity contribution is 5.70. The molecule has 0 fully saturated rings. The van der Waals surface area contributed by atoms with Gasteiger partial charge in [0.25, 0.3) is 0 Å². The van der Waals surface area contributed by atoms with E-state index in [1.165, 1.54) is 57.8 Å². The van der Waals surface area contributed by atoms with E-state index >= 15 is 0 Å². The van der Waals surface area contributed by atoms with E-state index in [0.717, 1.165) is 167 Å². The number of nitrogens with zero attached hydrogens (tertiary/aromatic N) is 1. The van der Waals surface area contributed by atoms with Gasteiger partial charge in [-0.1, -0.05) is 310 Å². The van der Waals surface area contributed by atoms with Crippen LogP contribution in [-0.2, 0) is 33.3 Å². The van der Waals surface area contributed by atoms with Crippen LogP contribution in [0.15, 0.2) is 219 Å². The molecule has 0 aliphatic carbocycles. The average molecular weight is 1340 g/mol. The van der Waals surface area contributed by atoms with Crippen LogP contribution in [0.1, 0.15) is 258 Å². The molecule has 9 heteroatoms. The first-order valence-electron chi connectivity index (χ1n) is 37.9. The molecule has 9 nitrogen and oxygen atoms in total. The fourth-order valence-electron chi connectivity index (χ4n) is 9.52. The summed E-state index contributed by atoms with van der Waals surface area (Å²) in [5.41, 5.74) is 0. The first kappa shape index (κ1) is 90.6. The number of unbranched alkanes of at least 4 members (excludes halogenated alkanes) is 16. The van der Waals surface area contributed by atoms with E-state index < -0.39 is 24.3 Å². The molecule has 2 unspecified atom stereocenters. The Kier molecular flexibility index (Phi) is 70.4. The van der Waals surface area contributed by atoms with Crippen molar-refractivity contribution in [1.82, 2.24) is 0 Å². The molecule has 0 aliphatic heterocycles. The molecule has 0 aromatic rings. The van der Waals surface area contributed by atoms with E-state index in [1.807, 2.05) is 21.1 Å². The minimum absolute atomic E-state index is 0.130. The number of aliphatic carboxylic acids is 1. The quantitative estimate of drug-likeness (QED) is 0.0195. The van der Waals surface area contributed by atoms with Crippen LogP contribution in [0.2, 0.25) is 0 Å². The smallest absolute Gasteiger partial charge is 0.306 e. The maximum absolute atomic E-state index is 13.0. The van der Waals surface area contributed by atoms with Gasteiger partial charge in [0.1, 0.15) is 13.2 Å². The Labute approximate surface area is 594 Å². The highest BCUT2D eigenvalue weighted by Gasteiger charge is 2.22. The number of carboxylic acid groups (broad SMARTS) is 1. The van der Waals surface area contributed by atoms with E-state index in [1.54, 1.807) is 0 Å². The Morgan fingerprint density at radius 3 is 0.825 bits per heavy atom. The van der Waals surface area contributed by atoms with Gasteiger partial charge in [0.05, 0.1) is 40.3 Å². The van der Waals surface area contributed by atoms with Crippen molar-refractivity contribution < 1.29 is 42.9 Å². The normalized spacial score (nSPS) is 13.9. The molecule has 0 aromatic heterocycles. The highest BCUT2D eigenvalue weighted by atomic mass is 16.7. The van der Waals surface area contributed by atoms with Crippen LogP contribution in [0.3, 0.4) is 0 Å². The molecule has 0 aromatic carbocycles. The molecule has 0 rings (SSSR count). The number of rotatable bonds is 67. The minimum Gasteiger partial charge on any atom is -0.545 e. The van der Waals surface area contributed by atoms with E-state index in [-0.39, 0.29) is 38.6 Å². The van der Waals surface area contributed by atoms with Crippen molar-refractivity contribution in [2.45, 2.75) is 270 Å². The van der Waals surface area contributed by atoms with Crippen molar-refractivity contribution in [3.63, 3.8) is 0 Å². The maximum Gasteiger partial charge on any atom is 0.306 e. The van der Waals surface area contributed by atoms with Gasteiger partial charge in [-0.15, -0.1) is 0 Å². The number of carboxylic acids is 1. The zero-order valence-corrected chi connectivity index (χ0v) is 61.9. The summed E-state index contributed by atoms with van der Waals surface area (Å²) >= 11 is 0. The fraction of sp³-hybridized carbons (Fsp3) is 0.557. The molecular weight excluding hydrogens is 1200 g/mol. The molecule has 0 aliphatic rings. The average Bonchev–Trinajstić information content (AvgIpc) is 3.27. The number of ether oxygens (including phenoxy) is 4. The lowest BCUT2D eigenvalue weighted by molar-refractivity contribution is -0.870. The molecule has 0 saturated heterocycles. The molecule has 2 atom stereocenters. The van der Waals surface area contributed by atoms with Crippen molar-refractivity contribution >= 4 is 17.9 Å². The minimum atomic E-state index is -1.64. The van der Waals surface area contributed by atoms with Crippen LogP contribution in [-0.4, -0.2) is 82.3 Å². The second-order valence-corrected chi connectivity index (χ2v) is 25.5. The highest BCUT2D eigenvalue weighted by Crippen LogP contribution is 2.15. The third-order valence-corrected chi connectivity index (χ3v) is 15.2. The zero-order chi connectivity index (χ0) is 70.4. The molecular formula is C88H137NO8. The van der Waals surface area contributed by atoms with Gasteiger partial charge in [0, 0.05) is 12.8 Å². The molecule has 542 valence electrons. The maximum atomic E-state index is 13.0. The lowest BCUT2D eigenvalue weighted by Crippen LogP contribution is -2.44. The fourth-order valence-corrected chi connectivity index (χ4v) is 9.52. The van der Waals surface area contributed by atoms with E-state index in [9.17, 15) is 19.5 Å². The van der Waals surface area contributed by atoms with Crippen LogP contribution >= 0.6 is 0 Å². The van der Waals surface area contributed by atoms with Crippen molar-refractivity contribution in [3.05, 3.63) is 219 Å². The summed E-state index contributed by atoms with van der Waals surface area (Å²) in [4.78, 5) is 37.6. The van der Waals surface area contributed by atoms with Crippen molar-refractivity contribution in [1.29, 1.82) is 0 Å². The number of quaternary nitrogens is 1. The molecule has 0 amide bonds. The summed E-state index contributed by atoms with van der Waals surface area (Å²) in [5.74, 6) is -2.34. The Bertz CT molecular complexity index is 2400. The van der Waals surface area contributed by atoms with Crippen LogP contribution in [0.4, 0.5) is 0 Å². The van der Waals surface area contributed by atoms with E-state index in [2.05, 4.69) is 233 Å². The molecule has 0 N–H and O–H groups in total. The summed E-state index contributed by atoms with van der Waals surface area (Å²) in [7, 11) is 5.91. The van der Waals surface area contributed by atoms with Gasteiger partial charge in [0.15, 0.2) is 12.4 Å². The number of carbonyl (C=O) groups is 3.